The van der Waals surface area contributed by atoms with Gasteiger partial charge in [0.1, 0.15) is 5.65 Å². The van der Waals surface area contributed by atoms with Gasteiger partial charge in [0, 0.05) is 36.8 Å². The molecule has 0 saturated carbocycles. The molecule has 20 heavy (non-hydrogen) atoms. The largest absolute Gasteiger partial charge is 0.341 e. The molecular weight excluding hydrogens is 254 g/mol. The minimum Gasteiger partial charge on any atom is -0.341 e. The number of hydrogen-bond acceptors (Lipinski definition) is 5. The Kier molecular flexibility index (Phi) is 3.17. The molecule has 1 aliphatic heterocycles. The van der Waals surface area contributed by atoms with Gasteiger partial charge in [-0.25, -0.2) is 4.98 Å². The second kappa shape index (κ2) is 4.86. The molecule has 1 saturated heterocycles. The van der Waals surface area contributed by atoms with Gasteiger partial charge in [-0.3, -0.25) is 4.79 Å². The minimum atomic E-state index is -0.198. The van der Waals surface area contributed by atoms with Gasteiger partial charge >= 0.3 is 0 Å². The predicted molar refractivity (Wildman–Crippen MR) is 77.6 cm³/mol. The highest BCUT2D eigenvalue weighted by Crippen LogP contribution is 2.30. The Balaban J connectivity index is 1.86. The molecule has 1 aliphatic rings. The van der Waals surface area contributed by atoms with Gasteiger partial charge in [0.2, 0.25) is 11.5 Å². The fraction of sp³-hybridized carbons (Fsp3) is 0.500. The standard InChI is InChI=1S/C14H18N5O/c1-14(9-15)4-6-19(7-5-14)13-16-8-10-2-3-11(20)17-12(10)18-13/h3,8H,4-7,9,15H2,1H3,(H,16,17,18,20). The van der Waals surface area contributed by atoms with Crippen LogP contribution in [-0.4, -0.2) is 34.6 Å². The number of aromatic nitrogens is 3. The molecule has 6 heteroatoms. The normalized spacial score (nSPS) is 18.4. The predicted octanol–water partition coefficient (Wildman–Crippen LogP) is 0.683. The summed E-state index contributed by atoms with van der Waals surface area (Å²) in [5.74, 6) is 0.659. The smallest absolute Gasteiger partial charge is 0.250 e. The second-order valence-corrected chi connectivity index (χ2v) is 5.71. The van der Waals surface area contributed by atoms with Gasteiger partial charge in [-0.05, 0) is 24.8 Å². The Labute approximate surface area is 117 Å². The Bertz CT molecular complexity index is 673. The van der Waals surface area contributed by atoms with Crippen LogP contribution in [0.3, 0.4) is 0 Å². The fourth-order valence-electron chi connectivity index (χ4n) is 2.47. The maximum atomic E-state index is 11.3. The molecule has 0 aliphatic carbocycles. The van der Waals surface area contributed by atoms with E-state index in [0.29, 0.717) is 18.1 Å². The van der Waals surface area contributed by atoms with E-state index >= 15 is 0 Å². The summed E-state index contributed by atoms with van der Waals surface area (Å²) in [5.41, 5.74) is 6.38. The van der Waals surface area contributed by atoms with Crippen molar-refractivity contribution < 1.29 is 0 Å². The number of fused-ring (bicyclic) bond motifs is 1. The molecule has 0 spiro atoms. The zero-order chi connectivity index (χ0) is 14.2. The van der Waals surface area contributed by atoms with E-state index in [0.717, 1.165) is 31.3 Å². The maximum absolute atomic E-state index is 11.3. The summed E-state index contributed by atoms with van der Waals surface area (Å²) in [4.78, 5) is 25.0. The molecule has 1 radical (unpaired) electrons. The van der Waals surface area contributed by atoms with Crippen LogP contribution in [0.25, 0.3) is 11.0 Å². The lowest BCUT2D eigenvalue weighted by Crippen LogP contribution is -2.42. The van der Waals surface area contributed by atoms with Gasteiger partial charge in [-0.2, -0.15) is 4.98 Å². The summed E-state index contributed by atoms with van der Waals surface area (Å²) >= 11 is 0. The Hall–Kier alpha value is -1.95. The highest BCUT2D eigenvalue weighted by atomic mass is 16.1. The average Bonchev–Trinajstić information content (AvgIpc) is 2.47. The van der Waals surface area contributed by atoms with Gasteiger partial charge in [0.25, 0.3) is 0 Å². The maximum Gasteiger partial charge on any atom is 0.250 e. The van der Waals surface area contributed by atoms with Crippen molar-refractivity contribution in [3.05, 3.63) is 28.7 Å². The van der Waals surface area contributed by atoms with E-state index in [4.69, 9.17) is 5.73 Å². The van der Waals surface area contributed by atoms with Crippen LogP contribution in [0.2, 0.25) is 0 Å². The van der Waals surface area contributed by atoms with Crippen molar-refractivity contribution >= 4 is 17.0 Å². The van der Waals surface area contributed by atoms with Crippen molar-refractivity contribution in [1.82, 2.24) is 15.0 Å². The summed E-state index contributed by atoms with van der Waals surface area (Å²) in [6.45, 7) is 4.71. The van der Waals surface area contributed by atoms with E-state index in [-0.39, 0.29) is 11.0 Å². The molecule has 0 atom stereocenters. The summed E-state index contributed by atoms with van der Waals surface area (Å²) in [7, 11) is 0. The summed E-state index contributed by atoms with van der Waals surface area (Å²) in [5, 5.41) is 0.720. The first-order valence-corrected chi connectivity index (χ1v) is 6.82. The summed E-state index contributed by atoms with van der Waals surface area (Å²) < 4.78 is 0. The van der Waals surface area contributed by atoms with Gasteiger partial charge in [-0.15, -0.1) is 0 Å². The van der Waals surface area contributed by atoms with E-state index < -0.39 is 0 Å². The Morgan fingerprint density at radius 2 is 2.25 bits per heavy atom. The summed E-state index contributed by atoms with van der Waals surface area (Å²) in [6, 6.07) is 4.23. The third-order valence-electron chi connectivity index (χ3n) is 4.12. The fourth-order valence-corrected chi connectivity index (χ4v) is 2.47. The summed E-state index contributed by atoms with van der Waals surface area (Å²) in [6.07, 6.45) is 3.76. The number of pyridine rings is 1. The van der Waals surface area contributed by atoms with Crippen LogP contribution in [0.4, 0.5) is 5.95 Å². The van der Waals surface area contributed by atoms with Crippen LogP contribution in [-0.2, 0) is 0 Å². The number of H-pyrrole nitrogens is 1. The van der Waals surface area contributed by atoms with Crippen molar-refractivity contribution in [2.75, 3.05) is 24.5 Å². The zero-order valence-corrected chi connectivity index (χ0v) is 11.5. The van der Waals surface area contributed by atoms with Crippen LogP contribution in [0.15, 0.2) is 17.1 Å². The van der Waals surface area contributed by atoms with Crippen molar-refractivity contribution in [3.8, 4) is 0 Å². The molecule has 0 aromatic carbocycles. The first kappa shape index (κ1) is 13.1. The molecule has 2 aromatic heterocycles. The number of piperidine rings is 1. The van der Waals surface area contributed by atoms with E-state index in [1.165, 1.54) is 6.07 Å². The average molecular weight is 272 g/mol. The van der Waals surface area contributed by atoms with Crippen LogP contribution in [0.5, 0.6) is 0 Å². The quantitative estimate of drug-likeness (QED) is 0.839. The van der Waals surface area contributed by atoms with E-state index in [1.54, 1.807) is 6.20 Å². The van der Waals surface area contributed by atoms with Crippen molar-refractivity contribution in [1.29, 1.82) is 0 Å². The molecule has 0 amide bonds. The topological polar surface area (TPSA) is 87.9 Å². The van der Waals surface area contributed by atoms with Gasteiger partial charge in [0.05, 0.1) is 0 Å². The van der Waals surface area contributed by atoms with Gasteiger partial charge in [-0.1, -0.05) is 6.92 Å². The zero-order valence-electron chi connectivity index (χ0n) is 11.5. The second-order valence-electron chi connectivity index (χ2n) is 5.71. The third kappa shape index (κ3) is 2.38. The molecule has 2 aromatic rings. The first-order chi connectivity index (χ1) is 9.59. The van der Waals surface area contributed by atoms with Gasteiger partial charge in [0.15, 0.2) is 0 Å². The highest BCUT2D eigenvalue weighted by Gasteiger charge is 2.29. The molecule has 6 nitrogen and oxygen atoms in total. The number of nitrogens with zero attached hydrogens (tertiary/aromatic N) is 3. The lowest BCUT2D eigenvalue weighted by atomic mass is 9.81. The monoisotopic (exact) mass is 272 g/mol. The lowest BCUT2D eigenvalue weighted by Gasteiger charge is -2.38. The molecule has 1 fully saturated rings. The number of nitrogens with one attached hydrogen (secondary N) is 1. The number of rotatable bonds is 2. The number of anilines is 1. The van der Waals surface area contributed by atoms with Crippen LogP contribution < -0.4 is 16.2 Å². The van der Waals surface area contributed by atoms with Crippen molar-refractivity contribution in [2.45, 2.75) is 19.8 Å². The molecular formula is C14H18N5O. The highest BCUT2D eigenvalue weighted by molar-refractivity contribution is 5.73. The van der Waals surface area contributed by atoms with Gasteiger partial charge < -0.3 is 15.6 Å². The molecule has 105 valence electrons. The van der Waals surface area contributed by atoms with Crippen LogP contribution in [0, 0.1) is 11.5 Å². The molecule has 3 N–H and O–H groups in total. The number of hydrogen-bond donors (Lipinski definition) is 2. The van der Waals surface area contributed by atoms with Crippen LogP contribution in [0.1, 0.15) is 19.8 Å². The number of nitrogens with two attached hydrogens (primary N) is 1. The molecule has 3 rings (SSSR count). The number of aromatic amines is 1. The third-order valence-corrected chi connectivity index (χ3v) is 4.12. The van der Waals surface area contributed by atoms with Crippen molar-refractivity contribution in [3.63, 3.8) is 0 Å². The van der Waals surface area contributed by atoms with Crippen molar-refractivity contribution in [2.24, 2.45) is 11.1 Å². The van der Waals surface area contributed by atoms with E-state index in [9.17, 15) is 4.79 Å². The van der Waals surface area contributed by atoms with Crippen LogP contribution >= 0.6 is 0 Å². The lowest BCUT2D eigenvalue weighted by molar-refractivity contribution is 0.257. The SMILES string of the molecule is CC1(CN)CCN(c2ncc3[c]cc(=O)[nH]c3n2)CC1. The van der Waals surface area contributed by atoms with E-state index in [2.05, 4.69) is 32.8 Å². The molecule has 0 unspecified atom stereocenters. The minimum absolute atomic E-state index is 0.198. The molecule has 0 bridgehead atoms. The Morgan fingerprint density at radius 3 is 2.95 bits per heavy atom. The first-order valence-electron chi connectivity index (χ1n) is 6.82. The van der Waals surface area contributed by atoms with E-state index in [1.807, 2.05) is 0 Å². The molecule has 3 heterocycles. The Morgan fingerprint density at radius 1 is 1.50 bits per heavy atom.